The minimum atomic E-state index is -0.328. The SMILES string of the molecule is COc1cc(NC(=O)c2csc(Nc3ccc4c(c3)OCO4)n2)cc(OC)c1. The fourth-order valence-electron chi connectivity index (χ4n) is 2.61. The molecule has 0 bridgehead atoms. The standard InChI is InChI=1S/C19H17N3O5S/c1-24-13-5-12(6-14(8-13)25-2)20-18(23)15-9-28-19(22-15)21-11-3-4-16-17(7-11)27-10-26-16/h3-9H,10H2,1-2H3,(H,20,23)(H,21,22). The van der Waals surface area contributed by atoms with Crippen molar-refractivity contribution < 1.29 is 23.7 Å². The van der Waals surface area contributed by atoms with Gasteiger partial charge in [0.2, 0.25) is 6.79 Å². The monoisotopic (exact) mass is 399 g/mol. The van der Waals surface area contributed by atoms with Crippen molar-refractivity contribution >= 4 is 33.8 Å². The van der Waals surface area contributed by atoms with Crippen LogP contribution in [-0.4, -0.2) is 31.9 Å². The molecule has 0 saturated heterocycles. The third-order valence-electron chi connectivity index (χ3n) is 3.97. The van der Waals surface area contributed by atoms with Crippen LogP contribution >= 0.6 is 11.3 Å². The summed E-state index contributed by atoms with van der Waals surface area (Å²) in [6.07, 6.45) is 0. The predicted molar refractivity (Wildman–Crippen MR) is 105 cm³/mol. The topological polar surface area (TPSA) is 90.9 Å². The summed E-state index contributed by atoms with van der Waals surface area (Å²) in [4.78, 5) is 16.9. The molecule has 1 amide bonds. The summed E-state index contributed by atoms with van der Waals surface area (Å²) in [6, 6.07) is 10.6. The highest BCUT2D eigenvalue weighted by molar-refractivity contribution is 7.14. The first kappa shape index (κ1) is 17.9. The zero-order valence-electron chi connectivity index (χ0n) is 15.1. The molecule has 144 valence electrons. The van der Waals surface area contributed by atoms with E-state index >= 15 is 0 Å². The van der Waals surface area contributed by atoms with Gasteiger partial charge in [-0.3, -0.25) is 4.79 Å². The first-order chi connectivity index (χ1) is 13.6. The summed E-state index contributed by atoms with van der Waals surface area (Å²) in [5, 5.41) is 8.23. The Bertz CT molecular complexity index is 998. The Morgan fingerprint density at radius 3 is 2.54 bits per heavy atom. The first-order valence-electron chi connectivity index (χ1n) is 8.31. The number of nitrogens with one attached hydrogen (secondary N) is 2. The lowest BCUT2D eigenvalue weighted by molar-refractivity contribution is 0.102. The second-order valence-corrected chi connectivity index (χ2v) is 6.64. The molecule has 9 heteroatoms. The lowest BCUT2D eigenvalue weighted by Gasteiger charge is -2.09. The molecule has 2 aromatic carbocycles. The van der Waals surface area contributed by atoms with Crippen LogP contribution in [0.3, 0.4) is 0 Å². The van der Waals surface area contributed by atoms with Crippen LogP contribution in [0.15, 0.2) is 41.8 Å². The number of thiazole rings is 1. The summed E-state index contributed by atoms with van der Waals surface area (Å²) in [7, 11) is 3.10. The van der Waals surface area contributed by atoms with Gasteiger partial charge in [-0.05, 0) is 12.1 Å². The Kier molecular flexibility index (Phi) is 4.90. The van der Waals surface area contributed by atoms with Crippen LogP contribution in [0.1, 0.15) is 10.5 Å². The van der Waals surface area contributed by atoms with Crippen molar-refractivity contribution in [1.29, 1.82) is 0 Å². The van der Waals surface area contributed by atoms with E-state index in [-0.39, 0.29) is 12.7 Å². The molecule has 3 aromatic rings. The predicted octanol–water partition coefficient (Wildman–Crippen LogP) is 3.88. The summed E-state index contributed by atoms with van der Waals surface area (Å²) >= 11 is 1.33. The molecule has 0 radical (unpaired) electrons. The smallest absolute Gasteiger partial charge is 0.275 e. The minimum absolute atomic E-state index is 0.218. The van der Waals surface area contributed by atoms with Gasteiger partial charge in [-0.25, -0.2) is 4.98 Å². The van der Waals surface area contributed by atoms with Gasteiger partial charge in [0.15, 0.2) is 16.6 Å². The van der Waals surface area contributed by atoms with E-state index in [0.717, 1.165) is 5.69 Å². The van der Waals surface area contributed by atoms with E-state index in [0.29, 0.717) is 39.5 Å². The number of aromatic nitrogens is 1. The number of methoxy groups -OCH3 is 2. The lowest BCUT2D eigenvalue weighted by Crippen LogP contribution is -2.12. The van der Waals surface area contributed by atoms with Crippen LogP contribution in [0.4, 0.5) is 16.5 Å². The maximum Gasteiger partial charge on any atom is 0.275 e. The second-order valence-electron chi connectivity index (χ2n) is 5.79. The number of hydrogen-bond acceptors (Lipinski definition) is 8. The van der Waals surface area contributed by atoms with Gasteiger partial charge in [-0.2, -0.15) is 0 Å². The highest BCUT2D eigenvalue weighted by Crippen LogP contribution is 2.35. The maximum absolute atomic E-state index is 12.5. The number of hydrogen-bond donors (Lipinski definition) is 2. The number of anilines is 3. The molecule has 1 aromatic heterocycles. The highest BCUT2D eigenvalue weighted by Gasteiger charge is 2.15. The molecular weight excluding hydrogens is 382 g/mol. The third-order valence-corrected chi connectivity index (χ3v) is 4.73. The van der Waals surface area contributed by atoms with Crippen LogP contribution < -0.4 is 29.6 Å². The number of rotatable bonds is 6. The number of ether oxygens (including phenoxy) is 4. The van der Waals surface area contributed by atoms with Crippen molar-refractivity contribution in [3.8, 4) is 23.0 Å². The van der Waals surface area contributed by atoms with Gasteiger partial charge in [-0.1, -0.05) is 0 Å². The molecule has 0 saturated carbocycles. The van der Waals surface area contributed by atoms with E-state index in [1.807, 2.05) is 18.2 Å². The Labute approximate surface area is 165 Å². The van der Waals surface area contributed by atoms with Crippen molar-refractivity contribution in [1.82, 2.24) is 4.98 Å². The Morgan fingerprint density at radius 2 is 1.79 bits per heavy atom. The highest BCUT2D eigenvalue weighted by atomic mass is 32.1. The first-order valence-corrected chi connectivity index (χ1v) is 9.19. The molecule has 0 unspecified atom stereocenters. The third kappa shape index (κ3) is 3.79. The second kappa shape index (κ2) is 7.65. The molecule has 2 heterocycles. The van der Waals surface area contributed by atoms with E-state index < -0.39 is 0 Å². The summed E-state index contributed by atoms with van der Waals surface area (Å²) < 4.78 is 21.1. The molecular formula is C19H17N3O5S. The molecule has 1 aliphatic heterocycles. The van der Waals surface area contributed by atoms with Crippen molar-refractivity contribution in [2.24, 2.45) is 0 Å². The van der Waals surface area contributed by atoms with Gasteiger partial charge in [0.1, 0.15) is 17.2 Å². The van der Waals surface area contributed by atoms with Gasteiger partial charge in [0.05, 0.1) is 14.2 Å². The van der Waals surface area contributed by atoms with Gasteiger partial charge in [0.25, 0.3) is 5.91 Å². The number of fused-ring (bicyclic) bond motifs is 1. The number of carbonyl (C=O) groups excluding carboxylic acids is 1. The van der Waals surface area contributed by atoms with Gasteiger partial charge >= 0.3 is 0 Å². The van der Waals surface area contributed by atoms with Crippen LogP contribution in [-0.2, 0) is 0 Å². The van der Waals surface area contributed by atoms with Crippen LogP contribution in [0.2, 0.25) is 0 Å². The molecule has 0 atom stereocenters. The van der Waals surface area contributed by atoms with E-state index in [2.05, 4.69) is 15.6 Å². The molecule has 28 heavy (non-hydrogen) atoms. The van der Waals surface area contributed by atoms with Crippen molar-refractivity contribution in [3.05, 3.63) is 47.5 Å². The Morgan fingerprint density at radius 1 is 1.04 bits per heavy atom. The van der Waals surface area contributed by atoms with Gasteiger partial charge in [-0.15, -0.1) is 11.3 Å². The Hall–Kier alpha value is -3.46. The average molecular weight is 399 g/mol. The van der Waals surface area contributed by atoms with E-state index in [9.17, 15) is 4.79 Å². The summed E-state index contributed by atoms with van der Waals surface area (Å²) in [5.41, 5.74) is 1.65. The fraction of sp³-hybridized carbons (Fsp3) is 0.158. The van der Waals surface area contributed by atoms with Crippen molar-refractivity contribution in [2.45, 2.75) is 0 Å². The largest absolute Gasteiger partial charge is 0.497 e. The quantitative estimate of drug-likeness (QED) is 0.650. The summed E-state index contributed by atoms with van der Waals surface area (Å²) in [6.45, 7) is 0.218. The molecule has 0 aliphatic carbocycles. The number of benzene rings is 2. The van der Waals surface area contributed by atoms with Crippen LogP contribution in [0, 0.1) is 0 Å². The maximum atomic E-state index is 12.5. The van der Waals surface area contributed by atoms with Crippen LogP contribution in [0.5, 0.6) is 23.0 Å². The minimum Gasteiger partial charge on any atom is -0.497 e. The molecule has 1 aliphatic rings. The van der Waals surface area contributed by atoms with E-state index in [1.165, 1.54) is 11.3 Å². The van der Waals surface area contributed by atoms with Gasteiger partial charge < -0.3 is 29.6 Å². The molecule has 0 fully saturated rings. The number of carbonyl (C=O) groups is 1. The lowest BCUT2D eigenvalue weighted by atomic mass is 10.2. The van der Waals surface area contributed by atoms with Gasteiger partial charge in [0, 0.05) is 41.0 Å². The molecule has 2 N–H and O–H groups in total. The summed E-state index contributed by atoms with van der Waals surface area (Å²) in [5.74, 6) is 2.21. The fourth-order valence-corrected chi connectivity index (χ4v) is 3.32. The van der Waals surface area contributed by atoms with Crippen molar-refractivity contribution in [2.75, 3.05) is 31.6 Å². The number of nitrogens with zero attached hydrogens (tertiary/aromatic N) is 1. The van der Waals surface area contributed by atoms with Crippen molar-refractivity contribution in [3.63, 3.8) is 0 Å². The molecule has 8 nitrogen and oxygen atoms in total. The zero-order chi connectivity index (χ0) is 19.5. The Balaban J connectivity index is 1.46. The van der Waals surface area contributed by atoms with E-state index in [4.69, 9.17) is 18.9 Å². The molecule has 0 spiro atoms. The normalized spacial score (nSPS) is 11.8. The number of amides is 1. The van der Waals surface area contributed by atoms with Crippen LogP contribution in [0.25, 0.3) is 0 Å². The van der Waals surface area contributed by atoms with E-state index in [1.54, 1.807) is 37.8 Å². The molecule has 4 rings (SSSR count). The zero-order valence-corrected chi connectivity index (χ0v) is 16.0. The average Bonchev–Trinajstić information content (AvgIpc) is 3.36.